The van der Waals surface area contributed by atoms with Crippen LogP contribution in [-0.4, -0.2) is 51.1 Å². The number of carbonyl (C=O) groups excluding carboxylic acids is 2. The first-order valence-corrected chi connectivity index (χ1v) is 10.9. The second-order valence-corrected chi connectivity index (χ2v) is 9.29. The molecule has 30 heavy (non-hydrogen) atoms. The van der Waals surface area contributed by atoms with Gasteiger partial charge in [0.1, 0.15) is 0 Å². The minimum atomic E-state index is -0.0742. The van der Waals surface area contributed by atoms with Crippen molar-refractivity contribution in [3.63, 3.8) is 0 Å². The third-order valence-corrected chi connectivity index (χ3v) is 5.11. The Bertz CT molecular complexity index is 691. The highest BCUT2D eigenvalue weighted by atomic mass is 16.5. The molecule has 0 unspecified atom stereocenters. The third kappa shape index (κ3) is 8.34. The number of hydrogen-bond acceptors (Lipinski definition) is 4. The van der Waals surface area contributed by atoms with Crippen LogP contribution in [0.2, 0.25) is 0 Å². The summed E-state index contributed by atoms with van der Waals surface area (Å²) in [7, 11) is 5.62. The SMILES string of the molecule is CCC(CC)C(=O)N(CCOC)Cc1cc(NC(=O)CC(C)(C)C)ccc1N(C)C. The van der Waals surface area contributed by atoms with Crippen LogP contribution in [0.25, 0.3) is 0 Å². The second kappa shape index (κ2) is 11.9. The molecule has 1 N–H and O–H groups in total. The maximum absolute atomic E-state index is 13.1. The highest BCUT2D eigenvalue weighted by Crippen LogP contribution is 2.27. The van der Waals surface area contributed by atoms with Crippen molar-refractivity contribution in [3.8, 4) is 0 Å². The van der Waals surface area contributed by atoms with Crippen LogP contribution in [0.5, 0.6) is 0 Å². The van der Waals surface area contributed by atoms with E-state index < -0.39 is 0 Å². The summed E-state index contributed by atoms with van der Waals surface area (Å²) < 4.78 is 5.25. The summed E-state index contributed by atoms with van der Waals surface area (Å²) in [5.41, 5.74) is 2.72. The van der Waals surface area contributed by atoms with Crippen molar-refractivity contribution in [1.82, 2.24) is 4.90 Å². The van der Waals surface area contributed by atoms with Crippen molar-refractivity contribution in [2.45, 2.75) is 60.4 Å². The van der Waals surface area contributed by atoms with E-state index in [0.717, 1.165) is 29.8 Å². The van der Waals surface area contributed by atoms with Gasteiger partial charge in [0.05, 0.1) is 6.61 Å². The molecule has 0 spiro atoms. The molecule has 1 rings (SSSR count). The normalized spacial score (nSPS) is 11.5. The van der Waals surface area contributed by atoms with E-state index in [4.69, 9.17) is 4.74 Å². The van der Waals surface area contributed by atoms with Crippen molar-refractivity contribution < 1.29 is 14.3 Å². The summed E-state index contributed by atoms with van der Waals surface area (Å²) in [5.74, 6) is 0.165. The summed E-state index contributed by atoms with van der Waals surface area (Å²) in [6, 6.07) is 5.90. The van der Waals surface area contributed by atoms with Gasteiger partial charge < -0.3 is 19.9 Å². The number of nitrogens with zero attached hydrogens (tertiary/aromatic N) is 2. The van der Waals surface area contributed by atoms with Crippen LogP contribution >= 0.6 is 0 Å². The Morgan fingerprint density at radius 3 is 2.27 bits per heavy atom. The van der Waals surface area contributed by atoms with Gasteiger partial charge in [0, 0.05) is 58.0 Å². The van der Waals surface area contributed by atoms with Crippen LogP contribution in [0, 0.1) is 11.3 Å². The summed E-state index contributed by atoms with van der Waals surface area (Å²) in [5, 5.41) is 3.01. The van der Waals surface area contributed by atoms with Crippen LogP contribution in [0.15, 0.2) is 18.2 Å². The molecule has 0 saturated carbocycles. The van der Waals surface area contributed by atoms with Gasteiger partial charge in [-0.05, 0) is 42.0 Å². The predicted octanol–water partition coefficient (Wildman–Crippen LogP) is 4.54. The van der Waals surface area contributed by atoms with Crippen LogP contribution in [0.3, 0.4) is 0 Å². The summed E-state index contributed by atoms with van der Waals surface area (Å²) in [6.45, 7) is 11.8. The Kier molecular flexibility index (Phi) is 10.3. The average Bonchev–Trinajstić information content (AvgIpc) is 2.64. The molecule has 0 saturated heterocycles. The standard InChI is InChI=1S/C24H41N3O3/c1-9-18(10-2)23(29)27(13-14-30-8)17-19-15-20(11-12-21(19)26(6)7)25-22(28)16-24(3,4)5/h11-12,15,18H,9-10,13-14,16-17H2,1-8H3,(H,25,28). The Labute approximate surface area is 183 Å². The van der Waals surface area contributed by atoms with E-state index in [-0.39, 0.29) is 23.1 Å². The molecule has 1 aromatic rings. The van der Waals surface area contributed by atoms with E-state index in [2.05, 4.69) is 19.2 Å². The average molecular weight is 420 g/mol. The molecule has 1 aromatic carbocycles. The molecule has 6 nitrogen and oxygen atoms in total. The lowest BCUT2D eigenvalue weighted by molar-refractivity contribution is -0.137. The third-order valence-electron chi connectivity index (χ3n) is 5.11. The van der Waals surface area contributed by atoms with Gasteiger partial charge in [-0.3, -0.25) is 9.59 Å². The smallest absolute Gasteiger partial charge is 0.226 e. The first-order chi connectivity index (χ1) is 14.0. The van der Waals surface area contributed by atoms with Gasteiger partial charge in [0.2, 0.25) is 11.8 Å². The molecule has 0 radical (unpaired) electrons. The molecule has 0 atom stereocenters. The molecule has 0 fully saturated rings. The van der Waals surface area contributed by atoms with Gasteiger partial charge in [-0.25, -0.2) is 0 Å². The fourth-order valence-corrected chi connectivity index (χ4v) is 3.48. The van der Waals surface area contributed by atoms with Gasteiger partial charge in [-0.1, -0.05) is 34.6 Å². The molecular weight excluding hydrogens is 378 g/mol. The number of anilines is 2. The molecule has 0 bridgehead atoms. The molecule has 6 heteroatoms. The fourth-order valence-electron chi connectivity index (χ4n) is 3.48. The molecule has 0 aliphatic heterocycles. The highest BCUT2D eigenvalue weighted by molar-refractivity contribution is 5.91. The molecular formula is C24H41N3O3. The lowest BCUT2D eigenvalue weighted by atomic mass is 9.92. The molecule has 2 amide bonds. The van der Waals surface area contributed by atoms with E-state index in [0.29, 0.717) is 26.1 Å². The van der Waals surface area contributed by atoms with Crippen molar-refractivity contribution in [2.75, 3.05) is 44.6 Å². The first-order valence-electron chi connectivity index (χ1n) is 10.9. The predicted molar refractivity (Wildman–Crippen MR) is 125 cm³/mol. The minimum Gasteiger partial charge on any atom is -0.383 e. The summed E-state index contributed by atoms with van der Waals surface area (Å²) >= 11 is 0. The Balaban J connectivity index is 3.17. The molecule has 0 aliphatic carbocycles. The van der Waals surface area contributed by atoms with E-state index in [9.17, 15) is 9.59 Å². The quantitative estimate of drug-likeness (QED) is 0.572. The Hall–Kier alpha value is -2.08. The number of nitrogens with one attached hydrogen (secondary N) is 1. The zero-order chi connectivity index (χ0) is 22.9. The van der Waals surface area contributed by atoms with E-state index in [1.54, 1.807) is 7.11 Å². The lowest BCUT2D eigenvalue weighted by Crippen LogP contribution is -2.38. The van der Waals surface area contributed by atoms with Crippen molar-refractivity contribution in [3.05, 3.63) is 23.8 Å². The van der Waals surface area contributed by atoms with Crippen LogP contribution < -0.4 is 10.2 Å². The zero-order valence-electron chi connectivity index (χ0n) is 20.2. The number of carbonyl (C=O) groups is 2. The summed E-state index contributed by atoms with van der Waals surface area (Å²) in [4.78, 5) is 29.4. The van der Waals surface area contributed by atoms with Crippen LogP contribution in [-0.2, 0) is 20.9 Å². The van der Waals surface area contributed by atoms with Gasteiger partial charge in [-0.15, -0.1) is 0 Å². The van der Waals surface area contributed by atoms with Gasteiger partial charge in [0.15, 0.2) is 0 Å². The second-order valence-electron chi connectivity index (χ2n) is 9.29. The number of rotatable bonds is 11. The maximum atomic E-state index is 13.1. The van der Waals surface area contributed by atoms with Crippen LogP contribution in [0.1, 0.15) is 59.4 Å². The van der Waals surface area contributed by atoms with Crippen molar-refractivity contribution in [2.24, 2.45) is 11.3 Å². The highest BCUT2D eigenvalue weighted by Gasteiger charge is 2.23. The Morgan fingerprint density at radius 1 is 1.13 bits per heavy atom. The maximum Gasteiger partial charge on any atom is 0.226 e. The molecule has 0 aliphatic rings. The molecule has 170 valence electrons. The Morgan fingerprint density at radius 2 is 1.77 bits per heavy atom. The number of hydrogen-bond donors (Lipinski definition) is 1. The number of benzene rings is 1. The first kappa shape index (κ1) is 26.0. The van der Waals surface area contributed by atoms with E-state index in [1.807, 2.05) is 62.9 Å². The van der Waals surface area contributed by atoms with Gasteiger partial charge in [0.25, 0.3) is 0 Å². The monoisotopic (exact) mass is 419 g/mol. The van der Waals surface area contributed by atoms with Gasteiger partial charge >= 0.3 is 0 Å². The number of amides is 2. The fraction of sp³-hybridized carbons (Fsp3) is 0.667. The zero-order valence-corrected chi connectivity index (χ0v) is 20.2. The molecule has 0 aromatic heterocycles. The summed E-state index contributed by atoms with van der Waals surface area (Å²) in [6.07, 6.45) is 2.09. The van der Waals surface area contributed by atoms with Crippen molar-refractivity contribution in [1.29, 1.82) is 0 Å². The van der Waals surface area contributed by atoms with Gasteiger partial charge in [-0.2, -0.15) is 0 Å². The molecule has 0 heterocycles. The van der Waals surface area contributed by atoms with Crippen LogP contribution in [0.4, 0.5) is 11.4 Å². The lowest BCUT2D eigenvalue weighted by Gasteiger charge is -2.29. The number of ether oxygens (including phenoxy) is 1. The van der Waals surface area contributed by atoms with E-state index in [1.165, 1.54) is 0 Å². The van der Waals surface area contributed by atoms with Crippen molar-refractivity contribution >= 4 is 23.2 Å². The minimum absolute atomic E-state index is 0.00426. The van der Waals surface area contributed by atoms with E-state index >= 15 is 0 Å². The number of methoxy groups -OCH3 is 1. The largest absolute Gasteiger partial charge is 0.383 e. The topological polar surface area (TPSA) is 61.9 Å².